The summed E-state index contributed by atoms with van der Waals surface area (Å²) < 4.78 is 159. The van der Waals surface area contributed by atoms with Gasteiger partial charge < -0.3 is 83.2 Å². The third kappa shape index (κ3) is 20.9. The zero-order chi connectivity index (χ0) is 99.9. The van der Waals surface area contributed by atoms with Crippen molar-refractivity contribution in [1.82, 2.24) is 39.5 Å². The molecule has 0 unspecified atom stereocenters. The third-order valence-electron chi connectivity index (χ3n) is 23.5. The number of carbonyl (C=O) groups is 7. The van der Waals surface area contributed by atoms with E-state index in [1.54, 1.807) is 65.2 Å². The number of benzene rings is 8. The monoisotopic (exact) mass is 1990 g/mol. The number of ether oxygens (including phenoxy) is 7. The van der Waals surface area contributed by atoms with Crippen molar-refractivity contribution in [2.45, 2.75) is 61.0 Å². The highest BCUT2D eigenvalue weighted by molar-refractivity contribution is 6.37. The van der Waals surface area contributed by atoms with Crippen molar-refractivity contribution in [2.75, 3.05) is 172 Å². The highest BCUT2D eigenvalue weighted by Gasteiger charge is 2.37. The van der Waals surface area contributed by atoms with Gasteiger partial charge in [0, 0.05) is 188 Å². The first-order valence-electron chi connectivity index (χ1n) is 43.4. The van der Waals surface area contributed by atoms with Gasteiger partial charge >= 0.3 is 24.0 Å². The van der Waals surface area contributed by atoms with E-state index in [-0.39, 0.29) is 179 Å². The van der Waals surface area contributed by atoms with Gasteiger partial charge in [0.1, 0.15) is 90.6 Å². The number of aromatic carboxylic acids is 1. The molecular formula is C98H95Cl4F8N13O15. The summed E-state index contributed by atoms with van der Waals surface area (Å²) in [4.78, 5) is 116. The molecule has 0 spiro atoms. The van der Waals surface area contributed by atoms with Crippen molar-refractivity contribution < 1.29 is 107 Å². The van der Waals surface area contributed by atoms with Crippen LogP contribution in [0.4, 0.5) is 68.4 Å². The number of amides is 4. The molecule has 138 heavy (non-hydrogen) atoms. The molecule has 0 bridgehead atoms. The zero-order valence-electron chi connectivity index (χ0n) is 76.9. The van der Waals surface area contributed by atoms with E-state index in [0.717, 1.165) is 6.20 Å². The average Bonchev–Trinajstić information content (AvgIpc) is 0.749. The van der Waals surface area contributed by atoms with Crippen molar-refractivity contribution in [3.05, 3.63) is 205 Å². The van der Waals surface area contributed by atoms with Gasteiger partial charge in [-0.05, 0) is 107 Å². The van der Waals surface area contributed by atoms with Crippen LogP contribution in [0.25, 0.3) is 88.1 Å². The first kappa shape index (κ1) is 102. The number of carboxylic acid groups (broad SMARTS) is 1. The van der Waals surface area contributed by atoms with E-state index in [0.29, 0.717) is 133 Å². The standard InChI is InChI=1S/C28H30ClF2N3O5.C25H24ClF2N3O4.C23H20ClF2N3O4.C22H21ClF2N4O2/c1-6-38-26(35)17-15-32-24-16(25(17)33-10-12-34(13-11-33)27(36)39-28(2,3)4)14-18(29)21(23(24)31)22-19(30)8-7-9-20(22)37-5;1-4-35-25(33)16-13-29-23-15(24(16)31-10-8-30(9-11-31)14(2)32)12-17(26)20(22(23)28)21-18(27)6-5-7-19(21)34-3;1-12(30)28-6-8-29(9-7-28)22-13-10-15(24)18(19-16(25)4-3-5-17(19)33-2)20(26)21(13)27-11-14(22)23(31)32;1-12(30)28-6-8-29(9-7-28)22-13-10-14(23)18(20(25)21(13)27-11-16(22)26)19-15(24)4-3-5-17(19)31-2/h7-9,14-15H,6,10-13H2,1-5H3;5-7,12-13H,4,8-11H2,1-3H3;3-5,10-11H,6-9H2,1-2H3,(H,31,32);3-5,10-11H,6-9,26H2,1-2H3. The van der Waals surface area contributed by atoms with Crippen LogP contribution < -0.4 is 44.3 Å². The largest absolute Gasteiger partial charge is 0.496 e. The predicted molar refractivity (Wildman–Crippen MR) is 511 cm³/mol. The predicted octanol–water partition coefficient (Wildman–Crippen LogP) is 19.1. The molecule has 4 amide bonds. The SMILES string of the molecule is CCOC(=O)c1cnc2c(F)c(-c3c(F)cccc3OC)c(Cl)cc2c1N1CCN(C(=O)OC(C)(C)C)CC1.CCOC(=O)c1cnc2c(F)c(-c3c(F)cccc3OC)c(Cl)cc2c1N1CCN(C(C)=O)CC1.COc1cccc(F)c1-c1c(Cl)cc2c(N3CCN(C(C)=O)CC3)c(C(=O)O)cnc2c1F.COc1cccc(F)c1-c1c(Cl)cc2c(N3CCN(C(C)=O)CC3)c(N)cnc2c1F. The number of hydrogen-bond donors (Lipinski definition) is 2. The summed E-state index contributed by atoms with van der Waals surface area (Å²) >= 11 is 26.0. The second-order valence-electron chi connectivity index (χ2n) is 32.8. The van der Waals surface area contributed by atoms with E-state index >= 15 is 17.6 Å². The van der Waals surface area contributed by atoms with Crippen LogP contribution in [0.3, 0.4) is 0 Å². The van der Waals surface area contributed by atoms with Crippen molar-refractivity contribution >= 4 is 160 Å². The fourth-order valence-corrected chi connectivity index (χ4v) is 18.2. The number of carbonyl (C=O) groups excluding carboxylic acids is 6. The Bertz CT molecular complexity index is 6780. The molecule has 4 aliphatic heterocycles. The average molecular weight is 1990 g/mol. The number of nitrogens with two attached hydrogens (primary N) is 1. The Hall–Kier alpha value is -13.7. The van der Waals surface area contributed by atoms with Crippen LogP contribution in [0.5, 0.6) is 23.0 Å². The maximum atomic E-state index is 16.1. The van der Waals surface area contributed by atoms with Gasteiger partial charge in [-0.3, -0.25) is 34.3 Å². The minimum absolute atomic E-state index is 0.00442. The lowest BCUT2D eigenvalue weighted by molar-refractivity contribution is -0.129. The molecule has 4 saturated heterocycles. The fourth-order valence-electron chi connectivity index (χ4n) is 17.0. The quantitative estimate of drug-likeness (QED) is 0.0486. The number of nitrogen functional groups attached to an aromatic ring is 1. The zero-order valence-corrected chi connectivity index (χ0v) is 79.9. The summed E-state index contributed by atoms with van der Waals surface area (Å²) in [5.74, 6) is -8.24. The molecule has 0 aliphatic carbocycles. The number of anilines is 5. The van der Waals surface area contributed by atoms with Crippen LogP contribution in [0.2, 0.25) is 20.1 Å². The van der Waals surface area contributed by atoms with Gasteiger partial charge in [0.2, 0.25) is 17.7 Å². The topological polar surface area (TPSA) is 308 Å². The molecular weight excluding hydrogens is 1890 g/mol. The van der Waals surface area contributed by atoms with Crippen LogP contribution in [0.15, 0.2) is 122 Å². The van der Waals surface area contributed by atoms with Gasteiger partial charge in [-0.15, -0.1) is 0 Å². The smallest absolute Gasteiger partial charge is 0.410 e. The Morgan fingerprint density at radius 1 is 0.370 bits per heavy atom. The molecule has 8 aromatic carbocycles. The Kier molecular flexibility index (Phi) is 31.9. The van der Waals surface area contributed by atoms with Gasteiger partial charge in [-0.1, -0.05) is 70.7 Å². The van der Waals surface area contributed by atoms with E-state index in [1.807, 2.05) is 14.7 Å². The lowest BCUT2D eigenvalue weighted by atomic mass is 9.98. The third-order valence-corrected chi connectivity index (χ3v) is 24.7. The molecule has 4 aliphatic rings. The Morgan fingerprint density at radius 2 is 0.616 bits per heavy atom. The van der Waals surface area contributed by atoms with E-state index in [2.05, 4.69) is 19.9 Å². The number of hydrogen-bond acceptors (Lipinski definition) is 23. The number of carboxylic acids is 1. The van der Waals surface area contributed by atoms with E-state index in [9.17, 15) is 56.2 Å². The van der Waals surface area contributed by atoms with Gasteiger partial charge in [0.15, 0.2) is 23.3 Å². The Labute approximate surface area is 807 Å². The van der Waals surface area contributed by atoms with E-state index < -0.39 is 76.1 Å². The number of esters is 2. The molecule has 12 aromatic rings. The van der Waals surface area contributed by atoms with Crippen LogP contribution in [-0.2, 0) is 28.6 Å². The first-order chi connectivity index (χ1) is 65.8. The summed E-state index contributed by atoms with van der Waals surface area (Å²) in [5.41, 5.74) is 6.25. The van der Waals surface area contributed by atoms with Crippen LogP contribution in [0, 0.1) is 46.5 Å². The highest BCUT2D eigenvalue weighted by atomic mass is 35.5. The second kappa shape index (κ2) is 43.3. The summed E-state index contributed by atoms with van der Waals surface area (Å²) in [6.45, 7) is 20.0. The summed E-state index contributed by atoms with van der Waals surface area (Å²) in [5, 5.41) is 10.7. The van der Waals surface area contributed by atoms with Gasteiger partial charge in [0.05, 0.1) is 119 Å². The number of nitrogens with zero attached hydrogens (tertiary/aromatic N) is 12. The molecule has 8 heterocycles. The lowest BCUT2D eigenvalue weighted by Crippen LogP contribution is -2.50. The summed E-state index contributed by atoms with van der Waals surface area (Å²) in [6, 6.07) is 22.5. The van der Waals surface area contributed by atoms with Crippen molar-refractivity contribution in [1.29, 1.82) is 0 Å². The van der Waals surface area contributed by atoms with Crippen molar-refractivity contribution in [3.63, 3.8) is 0 Å². The normalized spacial score (nSPS) is 14.0. The van der Waals surface area contributed by atoms with E-state index in [1.165, 1.54) is 159 Å². The molecule has 4 aromatic heterocycles. The Balaban J connectivity index is 0.000000156. The number of fused-ring (bicyclic) bond motifs is 4. The molecule has 726 valence electrons. The van der Waals surface area contributed by atoms with Crippen LogP contribution in [0.1, 0.15) is 86.5 Å². The number of piperazine rings is 4. The summed E-state index contributed by atoms with van der Waals surface area (Å²) in [6.07, 6.45) is 4.53. The molecule has 40 heteroatoms. The molecule has 4 fully saturated rings. The van der Waals surface area contributed by atoms with Gasteiger partial charge in [0.25, 0.3) is 0 Å². The lowest BCUT2D eigenvalue weighted by Gasteiger charge is -2.37. The van der Waals surface area contributed by atoms with Crippen molar-refractivity contribution in [3.8, 4) is 67.5 Å². The molecule has 28 nitrogen and oxygen atoms in total. The van der Waals surface area contributed by atoms with Gasteiger partial charge in [-0.2, -0.15) is 0 Å². The molecule has 0 atom stereocenters. The number of methoxy groups -OCH3 is 4. The molecule has 0 saturated carbocycles. The van der Waals surface area contributed by atoms with Crippen LogP contribution in [-0.4, -0.2) is 238 Å². The molecule has 3 N–H and O–H groups in total. The molecule has 16 rings (SSSR count). The Morgan fingerprint density at radius 3 is 0.870 bits per heavy atom. The maximum absolute atomic E-state index is 16.1. The summed E-state index contributed by atoms with van der Waals surface area (Å²) in [7, 11) is 5.42. The number of pyridine rings is 4. The maximum Gasteiger partial charge on any atom is 0.410 e. The second-order valence-corrected chi connectivity index (χ2v) is 34.5. The minimum Gasteiger partial charge on any atom is -0.496 e. The fraction of sp³-hybridized carbons (Fsp3) is 0.316. The molecule has 0 radical (unpaired) electrons. The van der Waals surface area contributed by atoms with Gasteiger partial charge in [-0.25, -0.2) is 54.3 Å². The van der Waals surface area contributed by atoms with Crippen LogP contribution >= 0.6 is 46.4 Å². The van der Waals surface area contributed by atoms with Crippen molar-refractivity contribution in [2.24, 2.45) is 0 Å². The first-order valence-corrected chi connectivity index (χ1v) is 44.9. The highest BCUT2D eigenvalue weighted by Crippen LogP contribution is 2.50. The van der Waals surface area contributed by atoms with E-state index in [4.69, 9.17) is 85.3 Å². The number of halogens is 12. The minimum atomic E-state index is -1.23. The number of aromatic nitrogens is 4. The number of rotatable bonds is 17.